The van der Waals surface area contributed by atoms with E-state index >= 15 is 0 Å². The van der Waals surface area contributed by atoms with Gasteiger partial charge in [-0.05, 0) is 111 Å². The highest BCUT2D eigenvalue weighted by Gasteiger charge is 2.26. The molecular formula is C66H59N5O. The molecule has 0 amide bonds. The summed E-state index contributed by atoms with van der Waals surface area (Å²) in [5, 5.41) is 2.18. The summed E-state index contributed by atoms with van der Waals surface area (Å²) in [5.74, 6) is 2.03. The van der Waals surface area contributed by atoms with Crippen molar-refractivity contribution < 1.29 is 20.3 Å². The van der Waals surface area contributed by atoms with Gasteiger partial charge in [-0.3, -0.25) is 13.7 Å². The van der Waals surface area contributed by atoms with E-state index in [1.807, 2.05) is 94.2 Å². The van der Waals surface area contributed by atoms with Crippen molar-refractivity contribution in [1.82, 2.24) is 18.7 Å². The Balaban J connectivity index is 1.10. The van der Waals surface area contributed by atoms with Crippen LogP contribution in [0.15, 0.2) is 194 Å². The van der Waals surface area contributed by atoms with Gasteiger partial charge in [0.25, 0.3) is 6.33 Å². The third kappa shape index (κ3) is 7.65. The minimum Gasteiger partial charge on any atom is -0.458 e. The first-order chi connectivity index (χ1) is 37.9. The Morgan fingerprint density at radius 3 is 1.83 bits per heavy atom. The van der Waals surface area contributed by atoms with Crippen LogP contribution in [0.2, 0.25) is 0 Å². The summed E-state index contributed by atoms with van der Waals surface area (Å²) >= 11 is 0. The van der Waals surface area contributed by atoms with Gasteiger partial charge in [-0.25, -0.2) is 4.98 Å². The summed E-state index contributed by atoms with van der Waals surface area (Å²) < 4.78 is 87.6. The van der Waals surface area contributed by atoms with Crippen LogP contribution in [-0.2, 0) is 16.2 Å². The quantitative estimate of drug-likeness (QED) is 0.118. The van der Waals surface area contributed by atoms with Crippen LogP contribution in [0.3, 0.4) is 0 Å². The van der Waals surface area contributed by atoms with E-state index in [2.05, 4.69) is 134 Å². The molecular weight excluding hydrogens is 879 g/mol. The van der Waals surface area contributed by atoms with Gasteiger partial charge in [0, 0.05) is 33.8 Å². The minimum absolute atomic E-state index is 0.000604. The molecule has 0 atom stereocenters. The molecule has 0 bridgehead atoms. The second-order valence-electron chi connectivity index (χ2n) is 21.8. The van der Waals surface area contributed by atoms with Crippen LogP contribution in [0.4, 0.5) is 0 Å². The van der Waals surface area contributed by atoms with Gasteiger partial charge in [-0.1, -0.05) is 177 Å². The van der Waals surface area contributed by atoms with Crippen LogP contribution in [0.5, 0.6) is 11.5 Å². The third-order valence-electron chi connectivity index (χ3n) is 13.8. The Hall–Kier alpha value is -8.22. The molecule has 0 aliphatic carbocycles. The number of hydrogen-bond donors (Lipinski definition) is 0. The van der Waals surface area contributed by atoms with Gasteiger partial charge in [0.1, 0.15) is 17.3 Å². The van der Waals surface area contributed by atoms with Gasteiger partial charge in [-0.2, -0.15) is 0 Å². The maximum Gasteiger partial charge on any atom is 0.269 e. The predicted molar refractivity (Wildman–Crippen MR) is 298 cm³/mol. The van der Waals surface area contributed by atoms with E-state index in [-0.39, 0.29) is 50.1 Å². The fraction of sp³-hybridized carbons (Fsp3) is 0.182. The number of imidazole rings is 1. The van der Waals surface area contributed by atoms with Crippen molar-refractivity contribution in [2.24, 2.45) is 0 Å². The normalized spacial score (nSPS) is 14.1. The van der Waals surface area contributed by atoms with Gasteiger partial charge in [-0.15, -0.1) is 0 Å². The van der Waals surface area contributed by atoms with Crippen LogP contribution < -0.4 is 9.30 Å². The van der Waals surface area contributed by atoms with Gasteiger partial charge in [0.05, 0.1) is 61.1 Å². The average Bonchev–Trinajstić information content (AvgIpc) is 2.62. The largest absolute Gasteiger partial charge is 0.458 e. The lowest BCUT2D eigenvalue weighted by Crippen LogP contribution is -2.32. The number of hydrogen-bond acceptors (Lipinski definition) is 2. The number of pyridine rings is 1. The van der Waals surface area contributed by atoms with E-state index in [4.69, 9.17) is 15.2 Å². The van der Waals surface area contributed by atoms with E-state index in [9.17, 15) is 5.48 Å². The summed E-state index contributed by atoms with van der Waals surface area (Å²) in [5.41, 5.74) is 9.71. The fourth-order valence-electron chi connectivity index (χ4n) is 10.00. The lowest BCUT2D eigenvalue weighted by molar-refractivity contribution is -0.571. The molecule has 0 N–H and O–H groups in total. The standard InChI is InChI=1S/C66H59N5O/c1-64(2,3)44-34-35-67-62(39-44)71-57-28-15-12-24-53(57)54-33-32-49(41-61(54)71)72-48-21-18-20-47(40-48)68-42-69(59-30-17-16-29-58(59)68)63-50(43-36-45(65(4,5)6)38-46(37-43)66(7,8)9)25-19-31-60(63)70-55-26-13-10-22-51(55)52-23-11-14-27-56(52)70/h10-41H,1-9H3/i10D,11D,13D,14D,22D,23D,26D,27D. The highest BCUT2D eigenvalue weighted by Crippen LogP contribution is 2.41. The van der Waals surface area contributed by atoms with Gasteiger partial charge in [0.2, 0.25) is 0 Å². The van der Waals surface area contributed by atoms with E-state index in [0.29, 0.717) is 22.9 Å². The summed E-state index contributed by atoms with van der Waals surface area (Å²) in [6, 6.07) is 43.3. The lowest BCUT2D eigenvalue weighted by Gasteiger charge is -2.27. The monoisotopic (exact) mass is 946 g/mol. The van der Waals surface area contributed by atoms with Crippen LogP contribution in [0.1, 0.15) is 90.0 Å². The Bertz CT molecular complexity index is 4460. The van der Waals surface area contributed by atoms with Crippen molar-refractivity contribution in [3.05, 3.63) is 217 Å². The first-order valence-corrected chi connectivity index (χ1v) is 24.5. The molecule has 72 heavy (non-hydrogen) atoms. The number of aromatic nitrogens is 5. The second-order valence-corrected chi connectivity index (χ2v) is 21.8. The highest BCUT2D eigenvalue weighted by atomic mass is 16.5. The number of para-hydroxylation sites is 6. The zero-order valence-electron chi connectivity index (χ0n) is 50.0. The highest BCUT2D eigenvalue weighted by molar-refractivity contribution is 6.10. The molecule has 0 aliphatic heterocycles. The molecule has 4 aromatic heterocycles. The van der Waals surface area contributed by atoms with Crippen LogP contribution in [-0.4, -0.2) is 18.7 Å². The van der Waals surface area contributed by atoms with E-state index in [1.165, 1.54) is 5.56 Å². The van der Waals surface area contributed by atoms with Crippen molar-refractivity contribution in [2.75, 3.05) is 0 Å². The zero-order valence-corrected chi connectivity index (χ0v) is 42.0. The molecule has 0 radical (unpaired) electrons. The Kier molecular flexibility index (Phi) is 8.51. The third-order valence-corrected chi connectivity index (χ3v) is 13.8. The van der Waals surface area contributed by atoms with Crippen molar-refractivity contribution in [3.8, 4) is 45.5 Å². The molecule has 0 spiro atoms. The summed E-state index contributed by atoms with van der Waals surface area (Å²) in [6.07, 6.45) is 5.61. The van der Waals surface area contributed by atoms with Crippen molar-refractivity contribution in [2.45, 2.75) is 78.6 Å². The summed E-state index contributed by atoms with van der Waals surface area (Å²) in [4.78, 5) is 4.88. The summed E-state index contributed by atoms with van der Waals surface area (Å²) in [6.45, 7) is 19.7. The zero-order chi connectivity index (χ0) is 56.6. The maximum absolute atomic E-state index is 9.51. The van der Waals surface area contributed by atoms with Crippen molar-refractivity contribution >= 4 is 54.6 Å². The molecule has 0 fully saturated rings. The first kappa shape index (κ1) is 36.7. The van der Waals surface area contributed by atoms with Crippen molar-refractivity contribution in [1.29, 1.82) is 0 Å². The number of benzene rings is 8. The van der Waals surface area contributed by atoms with Crippen LogP contribution >= 0.6 is 0 Å². The summed E-state index contributed by atoms with van der Waals surface area (Å²) in [7, 11) is 0. The van der Waals surface area contributed by atoms with E-state index < -0.39 is 36.3 Å². The number of rotatable bonds is 7. The number of nitrogens with zero attached hydrogens (tertiary/aromatic N) is 5. The predicted octanol–water partition coefficient (Wildman–Crippen LogP) is 16.6. The molecule has 6 heteroatoms. The lowest BCUT2D eigenvalue weighted by atomic mass is 9.78. The fourth-order valence-corrected chi connectivity index (χ4v) is 10.00. The molecule has 4 heterocycles. The maximum atomic E-state index is 9.51. The molecule has 0 saturated carbocycles. The molecule has 354 valence electrons. The molecule has 0 saturated heterocycles. The second kappa shape index (κ2) is 16.7. The SMILES string of the molecule is [2H]c1c([2H])c([2H])c2c(c1[2H])c1c([2H])c([2H])c([2H])c([2H])c1n2-c1cccc(-c2cc(C(C)(C)C)cc(C(C)(C)C)c2)c1-[n+]1[c-]n(-c2cccc(Oc3ccc4c5ccccc5n(-c5cc(C(C)(C)C)ccn5)c4c3)c2)c2ccccc21. The van der Waals surface area contributed by atoms with Crippen molar-refractivity contribution in [3.63, 3.8) is 0 Å². The molecule has 12 aromatic rings. The number of ether oxygens (including phenoxy) is 1. The van der Waals surface area contributed by atoms with Gasteiger partial charge < -0.3 is 9.30 Å². The minimum atomic E-state index is -0.503. The smallest absolute Gasteiger partial charge is 0.269 e. The average molecular weight is 946 g/mol. The Morgan fingerprint density at radius 1 is 0.500 bits per heavy atom. The molecule has 12 rings (SSSR count). The van der Waals surface area contributed by atoms with E-state index in [1.54, 1.807) is 4.57 Å². The van der Waals surface area contributed by atoms with Crippen LogP contribution in [0.25, 0.3) is 88.7 Å². The molecule has 0 aliphatic rings. The van der Waals surface area contributed by atoms with E-state index in [0.717, 1.165) is 66.6 Å². The van der Waals surface area contributed by atoms with Gasteiger partial charge in [0.15, 0.2) is 0 Å². The van der Waals surface area contributed by atoms with Gasteiger partial charge >= 0.3 is 0 Å². The molecule has 6 nitrogen and oxygen atoms in total. The number of fused-ring (bicyclic) bond motifs is 7. The molecule has 0 unspecified atom stereocenters. The topological polar surface area (TPSA) is 40.8 Å². The first-order valence-electron chi connectivity index (χ1n) is 28.5. The molecule has 8 aromatic carbocycles. The Morgan fingerprint density at radius 2 is 1.12 bits per heavy atom. The van der Waals surface area contributed by atoms with Crippen LogP contribution in [0, 0.1) is 6.33 Å². The Labute approximate surface area is 433 Å².